The largest absolute Gasteiger partial charge is 0.494 e. The van der Waals surface area contributed by atoms with Gasteiger partial charge in [-0.1, -0.05) is 48.5 Å². The standard InChI is InChI=1S/C33H28N4O3/c1-4-40-28-17-15-25(16-18-28)31-26(21-36(35-31)27-13-9-6-10-14-27)19-29-22(2)30(20-34)33(39)37(32(29)38)23(3)24-11-7-5-8-12-24/h5-19,21,23H,4H2,1-3H3/b29-19+. The van der Waals surface area contributed by atoms with Crippen molar-refractivity contribution in [3.05, 3.63) is 119 Å². The monoisotopic (exact) mass is 528 g/mol. The minimum Gasteiger partial charge on any atom is -0.494 e. The number of carbonyl (C=O) groups excluding carboxylic acids is 2. The average Bonchev–Trinajstić information content (AvgIpc) is 3.41. The lowest BCUT2D eigenvalue weighted by Crippen LogP contribution is -2.44. The van der Waals surface area contributed by atoms with Crippen molar-refractivity contribution < 1.29 is 14.3 Å². The van der Waals surface area contributed by atoms with Gasteiger partial charge in [-0.2, -0.15) is 10.4 Å². The van der Waals surface area contributed by atoms with E-state index in [0.717, 1.165) is 22.6 Å². The van der Waals surface area contributed by atoms with Crippen molar-refractivity contribution in [2.45, 2.75) is 26.8 Å². The molecule has 2 heterocycles. The maximum atomic E-state index is 13.9. The third kappa shape index (κ3) is 4.95. The molecule has 0 spiro atoms. The van der Waals surface area contributed by atoms with Gasteiger partial charge in [0, 0.05) is 22.9 Å². The molecule has 0 bridgehead atoms. The van der Waals surface area contributed by atoms with Gasteiger partial charge in [-0.15, -0.1) is 0 Å². The number of hydrogen-bond donors (Lipinski definition) is 0. The van der Waals surface area contributed by atoms with Crippen LogP contribution < -0.4 is 4.74 Å². The molecule has 1 unspecified atom stereocenters. The molecular formula is C33H28N4O3. The highest BCUT2D eigenvalue weighted by Crippen LogP contribution is 2.35. The smallest absolute Gasteiger partial charge is 0.272 e. The molecule has 4 aromatic rings. The first kappa shape index (κ1) is 26.4. The number of hydrogen-bond acceptors (Lipinski definition) is 5. The first-order valence-corrected chi connectivity index (χ1v) is 13.1. The van der Waals surface area contributed by atoms with Crippen LogP contribution in [0.2, 0.25) is 0 Å². The Morgan fingerprint density at radius 3 is 2.23 bits per heavy atom. The molecule has 1 aliphatic rings. The van der Waals surface area contributed by atoms with Crippen LogP contribution in [0.5, 0.6) is 5.75 Å². The number of benzene rings is 3. The zero-order chi connectivity index (χ0) is 28.2. The minimum absolute atomic E-state index is 0.0494. The van der Waals surface area contributed by atoms with Crippen molar-refractivity contribution in [3.8, 4) is 28.8 Å². The molecule has 40 heavy (non-hydrogen) atoms. The zero-order valence-corrected chi connectivity index (χ0v) is 22.5. The fourth-order valence-corrected chi connectivity index (χ4v) is 4.79. The molecule has 3 aromatic carbocycles. The Morgan fingerprint density at radius 1 is 0.950 bits per heavy atom. The first-order valence-electron chi connectivity index (χ1n) is 13.1. The minimum atomic E-state index is -0.592. The highest BCUT2D eigenvalue weighted by atomic mass is 16.5. The van der Waals surface area contributed by atoms with Gasteiger partial charge < -0.3 is 4.74 Å². The molecule has 5 rings (SSSR count). The van der Waals surface area contributed by atoms with Gasteiger partial charge in [0.2, 0.25) is 0 Å². The van der Waals surface area contributed by atoms with E-state index >= 15 is 0 Å². The normalized spacial score (nSPS) is 15.3. The van der Waals surface area contributed by atoms with Gasteiger partial charge in [-0.25, -0.2) is 4.68 Å². The van der Waals surface area contributed by atoms with Crippen LogP contribution in [0.1, 0.15) is 37.9 Å². The van der Waals surface area contributed by atoms with E-state index < -0.39 is 17.9 Å². The summed E-state index contributed by atoms with van der Waals surface area (Å²) in [4.78, 5) is 28.4. The van der Waals surface area contributed by atoms with Crippen LogP contribution >= 0.6 is 0 Å². The molecule has 0 aliphatic carbocycles. The van der Waals surface area contributed by atoms with E-state index in [1.54, 1.807) is 24.6 Å². The number of carbonyl (C=O) groups is 2. The van der Waals surface area contributed by atoms with E-state index in [9.17, 15) is 14.9 Å². The highest BCUT2D eigenvalue weighted by molar-refractivity contribution is 6.20. The lowest BCUT2D eigenvalue weighted by Gasteiger charge is -2.32. The maximum Gasteiger partial charge on any atom is 0.272 e. The number of imide groups is 1. The van der Waals surface area contributed by atoms with Gasteiger partial charge >= 0.3 is 0 Å². The quantitative estimate of drug-likeness (QED) is 0.208. The van der Waals surface area contributed by atoms with Crippen molar-refractivity contribution in [1.29, 1.82) is 5.26 Å². The Kier molecular flexibility index (Phi) is 7.43. The van der Waals surface area contributed by atoms with E-state index in [4.69, 9.17) is 9.84 Å². The number of aromatic nitrogens is 2. The second-order valence-corrected chi connectivity index (χ2v) is 9.41. The van der Waals surface area contributed by atoms with Gasteiger partial charge in [0.15, 0.2) is 0 Å². The molecule has 7 nitrogen and oxygen atoms in total. The van der Waals surface area contributed by atoms with Crippen molar-refractivity contribution in [2.75, 3.05) is 6.61 Å². The predicted molar refractivity (Wildman–Crippen MR) is 153 cm³/mol. The second kappa shape index (κ2) is 11.3. The Bertz CT molecular complexity index is 1660. The fourth-order valence-electron chi connectivity index (χ4n) is 4.79. The van der Waals surface area contributed by atoms with Gasteiger partial charge in [0.25, 0.3) is 11.8 Å². The summed E-state index contributed by atoms with van der Waals surface area (Å²) in [7, 11) is 0. The van der Waals surface area contributed by atoms with Crippen LogP contribution in [0.25, 0.3) is 23.0 Å². The molecule has 1 atom stereocenters. The Balaban J connectivity index is 1.65. The summed E-state index contributed by atoms with van der Waals surface area (Å²) in [6, 6.07) is 28.1. The van der Waals surface area contributed by atoms with Crippen LogP contribution in [-0.2, 0) is 9.59 Å². The van der Waals surface area contributed by atoms with Crippen LogP contribution in [0.15, 0.2) is 108 Å². The van der Waals surface area contributed by atoms with Crippen molar-refractivity contribution in [3.63, 3.8) is 0 Å². The molecule has 198 valence electrons. The highest BCUT2D eigenvalue weighted by Gasteiger charge is 2.38. The molecule has 7 heteroatoms. The van der Waals surface area contributed by atoms with E-state index in [-0.39, 0.29) is 11.1 Å². The van der Waals surface area contributed by atoms with Crippen LogP contribution in [0.4, 0.5) is 0 Å². The molecule has 2 amide bonds. The number of nitrogens with zero attached hydrogens (tertiary/aromatic N) is 4. The summed E-state index contributed by atoms with van der Waals surface area (Å²) in [6.07, 6.45) is 3.58. The number of ether oxygens (including phenoxy) is 1. The van der Waals surface area contributed by atoms with Gasteiger partial charge in [0.05, 0.1) is 24.0 Å². The molecule has 0 saturated heterocycles. The van der Waals surface area contributed by atoms with E-state index in [1.165, 1.54) is 4.90 Å². The van der Waals surface area contributed by atoms with Crippen LogP contribution in [-0.4, -0.2) is 33.1 Å². The molecule has 0 N–H and O–H groups in total. The fraction of sp³-hybridized carbons (Fsp3) is 0.152. The number of amides is 2. The third-order valence-electron chi connectivity index (χ3n) is 6.94. The third-order valence-corrected chi connectivity index (χ3v) is 6.94. The van der Waals surface area contributed by atoms with Crippen molar-refractivity contribution in [2.24, 2.45) is 0 Å². The molecule has 1 aromatic heterocycles. The topological polar surface area (TPSA) is 88.2 Å². The zero-order valence-electron chi connectivity index (χ0n) is 22.5. The lowest BCUT2D eigenvalue weighted by atomic mass is 9.91. The molecular weight excluding hydrogens is 500 g/mol. The maximum absolute atomic E-state index is 13.9. The summed E-state index contributed by atoms with van der Waals surface area (Å²) in [5.74, 6) is -0.300. The molecule has 0 saturated carbocycles. The summed E-state index contributed by atoms with van der Waals surface area (Å²) >= 11 is 0. The number of para-hydroxylation sites is 1. The van der Waals surface area contributed by atoms with Crippen molar-refractivity contribution in [1.82, 2.24) is 14.7 Å². The van der Waals surface area contributed by atoms with E-state index in [0.29, 0.717) is 23.4 Å². The number of rotatable bonds is 7. The van der Waals surface area contributed by atoms with E-state index in [1.807, 2.05) is 104 Å². The summed E-state index contributed by atoms with van der Waals surface area (Å²) in [6.45, 7) is 5.92. The summed E-state index contributed by atoms with van der Waals surface area (Å²) < 4.78 is 7.35. The summed E-state index contributed by atoms with van der Waals surface area (Å²) in [5, 5.41) is 14.8. The molecule has 1 aliphatic heterocycles. The van der Waals surface area contributed by atoms with Crippen molar-refractivity contribution >= 4 is 17.9 Å². The summed E-state index contributed by atoms with van der Waals surface area (Å²) in [5.41, 5.74) is 4.39. The average molecular weight is 529 g/mol. The van der Waals surface area contributed by atoms with Gasteiger partial charge in [-0.3, -0.25) is 14.5 Å². The SMILES string of the molecule is CCOc1ccc(-c2nn(-c3ccccc3)cc2/C=C2/C(=O)N(C(C)c3ccccc3)C(=O)C(C#N)=C2C)cc1. The first-order chi connectivity index (χ1) is 19.4. The van der Waals surface area contributed by atoms with Crippen LogP contribution in [0.3, 0.4) is 0 Å². The Labute approximate surface area is 233 Å². The van der Waals surface area contributed by atoms with Gasteiger partial charge in [-0.05, 0) is 74.4 Å². The van der Waals surface area contributed by atoms with E-state index in [2.05, 4.69) is 0 Å². The van der Waals surface area contributed by atoms with Crippen LogP contribution in [0, 0.1) is 11.3 Å². The predicted octanol–water partition coefficient (Wildman–Crippen LogP) is 6.29. The number of nitriles is 1. The van der Waals surface area contributed by atoms with Gasteiger partial charge in [0.1, 0.15) is 17.4 Å². The molecule has 0 radical (unpaired) electrons. The Morgan fingerprint density at radius 2 is 1.60 bits per heavy atom. The molecule has 0 fully saturated rings. The Hall–Kier alpha value is -5.22. The lowest BCUT2D eigenvalue weighted by molar-refractivity contribution is -0.143. The second-order valence-electron chi connectivity index (χ2n) is 9.41.